The second-order valence-electron chi connectivity index (χ2n) is 5.48. The fraction of sp³-hybridized carbons (Fsp3) is 0.600. The molecular weight excluding hydrogens is 292 g/mol. The molecule has 2 rings (SSSR count). The molecule has 1 aromatic carbocycles. The molecule has 0 saturated heterocycles. The lowest BCUT2D eigenvalue weighted by Crippen LogP contribution is -2.32. The van der Waals surface area contributed by atoms with Gasteiger partial charge in [0, 0.05) is 5.38 Å². The van der Waals surface area contributed by atoms with Crippen LogP contribution >= 0.6 is 11.6 Å². The van der Waals surface area contributed by atoms with E-state index in [0.29, 0.717) is 18.4 Å². The highest BCUT2D eigenvalue weighted by Crippen LogP contribution is 2.42. The van der Waals surface area contributed by atoms with Crippen LogP contribution in [0.5, 0.6) is 0 Å². The Morgan fingerprint density at radius 3 is 2.55 bits per heavy atom. The Morgan fingerprint density at radius 1 is 1.20 bits per heavy atom. The molecule has 0 N–H and O–H groups in total. The summed E-state index contributed by atoms with van der Waals surface area (Å²) in [5.41, 5.74) is 0.474. The lowest BCUT2D eigenvalue weighted by molar-refractivity contribution is -0.185. The van der Waals surface area contributed by atoms with Gasteiger partial charge in [0.1, 0.15) is 5.82 Å². The van der Waals surface area contributed by atoms with Gasteiger partial charge in [-0.1, -0.05) is 24.6 Å². The zero-order valence-corrected chi connectivity index (χ0v) is 11.7. The van der Waals surface area contributed by atoms with Crippen LogP contribution in [-0.4, -0.2) is 11.6 Å². The van der Waals surface area contributed by atoms with Crippen molar-refractivity contribution >= 4 is 11.6 Å². The second kappa shape index (κ2) is 6.33. The van der Waals surface area contributed by atoms with Crippen molar-refractivity contribution in [2.75, 3.05) is 0 Å². The van der Waals surface area contributed by atoms with Crippen molar-refractivity contribution in [1.82, 2.24) is 0 Å². The van der Waals surface area contributed by atoms with E-state index in [4.69, 9.17) is 11.6 Å². The molecule has 1 aliphatic carbocycles. The Morgan fingerprint density at radius 2 is 1.90 bits per heavy atom. The van der Waals surface area contributed by atoms with E-state index in [9.17, 15) is 17.6 Å². The average Bonchev–Trinajstić information content (AvgIpc) is 2.40. The van der Waals surface area contributed by atoms with Gasteiger partial charge in [-0.3, -0.25) is 0 Å². The average molecular weight is 309 g/mol. The topological polar surface area (TPSA) is 0 Å². The number of hydrogen-bond acceptors (Lipinski definition) is 0. The lowest BCUT2D eigenvalue weighted by atomic mass is 9.78. The van der Waals surface area contributed by atoms with Crippen molar-refractivity contribution in [2.24, 2.45) is 11.8 Å². The van der Waals surface area contributed by atoms with Crippen LogP contribution < -0.4 is 0 Å². The van der Waals surface area contributed by atoms with E-state index in [0.717, 1.165) is 0 Å². The van der Waals surface area contributed by atoms with Gasteiger partial charge >= 0.3 is 6.18 Å². The Bertz CT molecular complexity index is 444. The summed E-state index contributed by atoms with van der Waals surface area (Å²) in [5, 5.41) is -0.447. The molecule has 0 radical (unpaired) electrons. The van der Waals surface area contributed by atoms with Gasteiger partial charge in [-0.2, -0.15) is 13.2 Å². The Kier molecular flexibility index (Phi) is 4.95. The molecule has 5 heteroatoms. The van der Waals surface area contributed by atoms with E-state index >= 15 is 0 Å². The molecule has 0 amide bonds. The third-order valence-electron chi connectivity index (χ3n) is 4.06. The van der Waals surface area contributed by atoms with Crippen LogP contribution in [0.3, 0.4) is 0 Å². The fourth-order valence-corrected chi connectivity index (χ4v) is 3.29. The highest BCUT2D eigenvalue weighted by Gasteiger charge is 2.43. The zero-order chi connectivity index (χ0) is 14.8. The van der Waals surface area contributed by atoms with Crippen LogP contribution in [0.15, 0.2) is 24.3 Å². The maximum absolute atomic E-state index is 13.5. The van der Waals surface area contributed by atoms with Gasteiger partial charge in [0.05, 0.1) is 5.92 Å². The smallest absolute Gasteiger partial charge is 0.207 e. The van der Waals surface area contributed by atoms with Crippen LogP contribution in [-0.2, 0) is 6.42 Å². The van der Waals surface area contributed by atoms with Crippen molar-refractivity contribution < 1.29 is 17.6 Å². The SMILES string of the molecule is Fc1ccccc1CC(Cl)C1CCCC(C(F)(F)F)C1. The van der Waals surface area contributed by atoms with Gasteiger partial charge in [-0.15, -0.1) is 11.6 Å². The molecule has 112 valence electrons. The van der Waals surface area contributed by atoms with E-state index in [2.05, 4.69) is 0 Å². The first-order valence-electron chi connectivity index (χ1n) is 6.82. The van der Waals surface area contributed by atoms with Crippen LogP contribution in [0.4, 0.5) is 17.6 Å². The Balaban J connectivity index is 1.99. The molecule has 3 atom stereocenters. The summed E-state index contributed by atoms with van der Waals surface area (Å²) in [6, 6.07) is 6.27. The van der Waals surface area contributed by atoms with Crippen molar-refractivity contribution in [3.63, 3.8) is 0 Å². The number of hydrogen-bond donors (Lipinski definition) is 0. The number of benzene rings is 1. The molecule has 1 saturated carbocycles. The predicted molar refractivity (Wildman–Crippen MR) is 71.2 cm³/mol. The summed E-state index contributed by atoms with van der Waals surface area (Å²) in [6.07, 6.45) is -2.39. The number of rotatable bonds is 3. The van der Waals surface area contributed by atoms with Gasteiger partial charge in [0.15, 0.2) is 0 Å². The first kappa shape index (κ1) is 15.6. The highest BCUT2D eigenvalue weighted by atomic mass is 35.5. The van der Waals surface area contributed by atoms with Crippen LogP contribution in [0.2, 0.25) is 0 Å². The molecule has 0 nitrogen and oxygen atoms in total. The Hall–Kier alpha value is -0.770. The minimum atomic E-state index is -4.15. The molecule has 1 fully saturated rings. The zero-order valence-electron chi connectivity index (χ0n) is 11.0. The van der Waals surface area contributed by atoms with E-state index in [1.807, 2.05) is 0 Å². The fourth-order valence-electron chi connectivity index (χ4n) is 2.89. The predicted octanol–water partition coefficient (Wildman–Crippen LogP) is 5.34. The van der Waals surface area contributed by atoms with Crippen molar-refractivity contribution in [3.8, 4) is 0 Å². The first-order chi connectivity index (χ1) is 9.38. The number of alkyl halides is 4. The summed E-state index contributed by atoms with van der Waals surface area (Å²) in [5.74, 6) is -1.80. The molecule has 1 aliphatic rings. The standard InChI is InChI=1S/C15H17ClF4/c16-13(9-11-4-1-2-7-14(11)17)10-5-3-6-12(8-10)15(18,19)20/h1-2,4,7,10,12-13H,3,5-6,8-9H2. The summed E-state index contributed by atoms with van der Waals surface area (Å²) >= 11 is 6.25. The molecule has 0 aromatic heterocycles. The van der Waals surface area contributed by atoms with Gasteiger partial charge in [0.2, 0.25) is 0 Å². The van der Waals surface area contributed by atoms with E-state index in [-0.39, 0.29) is 31.0 Å². The molecular formula is C15H17ClF4. The van der Waals surface area contributed by atoms with E-state index in [1.54, 1.807) is 18.2 Å². The quantitative estimate of drug-likeness (QED) is 0.522. The van der Waals surface area contributed by atoms with Crippen molar-refractivity contribution in [1.29, 1.82) is 0 Å². The van der Waals surface area contributed by atoms with Crippen LogP contribution in [0.25, 0.3) is 0 Å². The molecule has 0 heterocycles. The summed E-state index contributed by atoms with van der Waals surface area (Å²) in [6.45, 7) is 0. The lowest BCUT2D eigenvalue weighted by Gasteiger charge is -2.33. The third-order valence-corrected chi connectivity index (χ3v) is 4.57. The van der Waals surface area contributed by atoms with Crippen LogP contribution in [0.1, 0.15) is 31.2 Å². The third kappa shape index (κ3) is 3.87. The minimum Gasteiger partial charge on any atom is -0.207 e. The number of halogens is 5. The normalized spacial score (nSPS) is 25.4. The monoisotopic (exact) mass is 308 g/mol. The van der Waals surface area contributed by atoms with E-state index in [1.165, 1.54) is 6.07 Å². The molecule has 20 heavy (non-hydrogen) atoms. The Labute approximate surface area is 121 Å². The van der Waals surface area contributed by atoms with Gasteiger partial charge in [0.25, 0.3) is 0 Å². The minimum absolute atomic E-state index is 0.0616. The van der Waals surface area contributed by atoms with Gasteiger partial charge in [-0.25, -0.2) is 4.39 Å². The molecule has 0 aliphatic heterocycles. The summed E-state index contributed by atoms with van der Waals surface area (Å²) in [4.78, 5) is 0. The first-order valence-corrected chi connectivity index (χ1v) is 7.25. The van der Waals surface area contributed by atoms with Gasteiger partial charge < -0.3 is 0 Å². The maximum atomic E-state index is 13.5. The van der Waals surface area contributed by atoms with Gasteiger partial charge in [-0.05, 0) is 43.2 Å². The van der Waals surface area contributed by atoms with E-state index < -0.39 is 17.5 Å². The second-order valence-corrected chi connectivity index (χ2v) is 6.04. The molecule has 1 aromatic rings. The summed E-state index contributed by atoms with van der Waals surface area (Å²) < 4.78 is 51.8. The molecule has 0 bridgehead atoms. The summed E-state index contributed by atoms with van der Waals surface area (Å²) in [7, 11) is 0. The highest BCUT2D eigenvalue weighted by molar-refractivity contribution is 6.20. The molecule has 0 spiro atoms. The maximum Gasteiger partial charge on any atom is 0.391 e. The van der Waals surface area contributed by atoms with Crippen molar-refractivity contribution in [3.05, 3.63) is 35.6 Å². The molecule has 3 unspecified atom stereocenters. The van der Waals surface area contributed by atoms with Crippen LogP contribution in [0, 0.1) is 17.7 Å². The largest absolute Gasteiger partial charge is 0.391 e. The van der Waals surface area contributed by atoms with Crippen molar-refractivity contribution in [2.45, 2.75) is 43.7 Å².